The number of nitrogen functional groups attached to an aromatic ring is 1. The largest absolute Gasteiger partial charge is 0.394 e. The third kappa shape index (κ3) is 2.83. The Morgan fingerprint density at radius 2 is 2.05 bits per heavy atom. The molecule has 7 nitrogen and oxygen atoms in total. The molecule has 1 aromatic heterocycles. The first-order chi connectivity index (χ1) is 9.03. The first-order valence-electron chi connectivity index (χ1n) is 5.30. The van der Waals surface area contributed by atoms with Crippen LogP contribution in [0.3, 0.4) is 0 Å². The van der Waals surface area contributed by atoms with Crippen LogP contribution in [0.4, 0.5) is 11.5 Å². The lowest BCUT2D eigenvalue weighted by Gasteiger charge is -2.07. The van der Waals surface area contributed by atoms with E-state index in [4.69, 9.17) is 11.0 Å². The summed E-state index contributed by atoms with van der Waals surface area (Å²) in [5, 5.41) is 14.6. The Morgan fingerprint density at radius 1 is 1.37 bits per heavy atom. The summed E-state index contributed by atoms with van der Waals surface area (Å²) in [6.07, 6.45) is 1.55. The maximum absolute atomic E-state index is 12.0. The number of nitriles is 1. The zero-order valence-corrected chi connectivity index (χ0v) is 10.6. The molecule has 0 radical (unpaired) electrons. The number of benzene rings is 1. The maximum Gasteiger partial charge on any atom is 0.263 e. The molecule has 0 aliphatic rings. The smallest absolute Gasteiger partial charge is 0.263 e. The van der Waals surface area contributed by atoms with Crippen LogP contribution in [0.25, 0.3) is 0 Å². The second kappa shape index (κ2) is 4.99. The van der Waals surface area contributed by atoms with Gasteiger partial charge in [-0.15, -0.1) is 0 Å². The van der Waals surface area contributed by atoms with Crippen molar-refractivity contribution in [3.05, 3.63) is 36.0 Å². The molecule has 0 bridgehead atoms. The topological polar surface area (TPSA) is 125 Å². The summed E-state index contributed by atoms with van der Waals surface area (Å²) in [7, 11) is -3.72. The summed E-state index contributed by atoms with van der Waals surface area (Å²) in [5.74, 6) is 0.126. The quantitative estimate of drug-likeness (QED) is 0.764. The predicted octanol–water partition coefficient (Wildman–Crippen LogP) is 0.859. The Labute approximate surface area is 110 Å². The molecule has 0 aliphatic heterocycles. The molecule has 2 aromatic rings. The minimum absolute atomic E-state index is 0.0863. The molecular weight excluding hydrogens is 266 g/mol. The van der Waals surface area contributed by atoms with E-state index in [1.807, 2.05) is 6.07 Å². The number of aromatic amines is 1. The molecule has 0 fully saturated rings. The molecule has 1 heterocycles. The number of nitrogens with two attached hydrogens (primary N) is 1. The van der Waals surface area contributed by atoms with Gasteiger partial charge < -0.3 is 5.73 Å². The fourth-order valence-electron chi connectivity index (χ4n) is 1.45. The number of hydrogen-bond acceptors (Lipinski definition) is 5. The van der Waals surface area contributed by atoms with E-state index in [-0.39, 0.29) is 22.8 Å². The zero-order chi connectivity index (χ0) is 13.9. The number of anilines is 2. The van der Waals surface area contributed by atoms with Crippen LogP contribution in [0, 0.1) is 11.3 Å². The first-order valence-corrected chi connectivity index (χ1v) is 6.79. The van der Waals surface area contributed by atoms with Gasteiger partial charge in [0.15, 0.2) is 5.82 Å². The van der Waals surface area contributed by atoms with Crippen molar-refractivity contribution in [3.63, 3.8) is 0 Å². The summed E-state index contributed by atoms with van der Waals surface area (Å²) in [5.41, 5.74) is 6.50. The number of aromatic nitrogens is 2. The maximum atomic E-state index is 12.0. The molecule has 0 saturated heterocycles. The fraction of sp³-hybridized carbons (Fsp3) is 0.0909. The van der Waals surface area contributed by atoms with E-state index in [2.05, 4.69) is 14.9 Å². The number of nitrogens with zero attached hydrogens (tertiary/aromatic N) is 2. The van der Waals surface area contributed by atoms with E-state index in [9.17, 15) is 8.42 Å². The summed E-state index contributed by atoms with van der Waals surface area (Å²) in [6, 6.07) is 8.04. The van der Waals surface area contributed by atoms with Crippen LogP contribution < -0.4 is 10.5 Å². The highest BCUT2D eigenvalue weighted by Crippen LogP contribution is 2.19. The third-order valence-electron chi connectivity index (χ3n) is 2.42. The van der Waals surface area contributed by atoms with Crippen molar-refractivity contribution in [2.75, 3.05) is 10.5 Å². The molecule has 0 unspecified atom stereocenters. The molecule has 0 saturated carbocycles. The van der Waals surface area contributed by atoms with Gasteiger partial charge in [0.05, 0.1) is 29.3 Å². The van der Waals surface area contributed by atoms with Crippen LogP contribution in [0.15, 0.2) is 35.4 Å². The lowest BCUT2D eigenvalue weighted by atomic mass is 10.2. The van der Waals surface area contributed by atoms with Crippen LogP contribution >= 0.6 is 0 Å². The second-order valence-electron chi connectivity index (χ2n) is 3.78. The van der Waals surface area contributed by atoms with Gasteiger partial charge in [0.2, 0.25) is 0 Å². The van der Waals surface area contributed by atoms with Gasteiger partial charge in [-0.1, -0.05) is 12.1 Å². The van der Waals surface area contributed by atoms with Crippen LogP contribution in [0.1, 0.15) is 5.56 Å². The minimum atomic E-state index is -3.72. The summed E-state index contributed by atoms with van der Waals surface area (Å²) >= 11 is 0. The Morgan fingerprint density at radius 3 is 2.58 bits per heavy atom. The van der Waals surface area contributed by atoms with E-state index >= 15 is 0 Å². The summed E-state index contributed by atoms with van der Waals surface area (Å²) in [4.78, 5) is 0.0863. The lowest BCUT2D eigenvalue weighted by molar-refractivity contribution is 0.601. The number of hydrogen-bond donors (Lipinski definition) is 3. The van der Waals surface area contributed by atoms with Crippen LogP contribution in [-0.2, 0) is 16.4 Å². The Bertz CT molecular complexity index is 712. The molecule has 2 rings (SSSR count). The molecule has 19 heavy (non-hydrogen) atoms. The fourth-order valence-corrected chi connectivity index (χ4v) is 2.49. The minimum Gasteiger partial charge on any atom is -0.394 e. The number of rotatable bonds is 4. The number of nitrogens with one attached hydrogen (secondary N) is 2. The predicted molar refractivity (Wildman–Crippen MR) is 69.6 cm³/mol. The van der Waals surface area contributed by atoms with Crippen molar-refractivity contribution in [2.24, 2.45) is 0 Å². The van der Waals surface area contributed by atoms with Crippen LogP contribution in [0.5, 0.6) is 0 Å². The van der Waals surface area contributed by atoms with E-state index in [0.29, 0.717) is 0 Å². The van der Waals surface area contributed by atoms with Crippen molar-refractivity contribution in [1.82, 2.24) is 10.2 Å². The summed E-state index contributed by atoms with van der Waals surface area (Å²) in [6.45, 7) is 0. The van der Waals surface area contributed by atoms with Gasteiger partial charge in [-0.2, -0.15) is 10.4 Å². The van der Waals surface area contributed by atoms with E-state index < -0.39 is 10.0 Å². The Hall–Kier alpha value is -2.53. The average molecular weight is 277 g/mol. The SMILES string of the molecule is N#CCc1ccc(S(=O)(=O)Nc2[nH]ncc2N)cc1. The molecule has 98 valence electrons. The lowest BCUT2D eigenvalue weighted by Crippen LogP contribution is -2.14. The van der Waals surface area contributed by atoms with Crippen LogP contribution in [0.2, 0.25) is 0 Å². The van der Waals surface area contributed by atoms with Gasteiger partial charge in [0.25, 0.3) is 10.0 Å². The highest BCUT2D eigenvalue weighted by molar-refractivity contribution is 7.92. The normalized spacial score (nSPS) is 10.9. The molecule has 8 heteroatoms. The molecule has 0 atom stereocenters. The molecule has 0 aliphatic carbocycles. The highest BCUT2D eigenvalue weighted by atomic mass is 32.2. The van der Waals surface area contributed by atoms with Gasteiger partial charge >= 0.3 is 0 Å². The van der Waals surface area contributed by atoms with E-state index in [1.54, 1.807) is 12.1 Å². The van der Waals surface area contributed by atoms with Crippen molar-refractivity contribution in [2.45, 2.75) is 11.3 Å². The molecule has 0 amide bonds. The Kier molecular flexibility index (Phi) is 3.39. The van der Waals surface area contributed by atoms with Crippen LogP contribution in [-0.4, -0.2) is 18.6 Å². The molecule has 4 N–H and O–H groups in total. The van der Waals surface area contributed by atoms with E-state index in [0.717, 1.165) is 5.56 Å². The number of sulfonamides is 1. The van der Waals surface area contributed by atoms with Gasteiger partial charge in [0.1, 0.15) is 0 Å². The van der Waals surface area contributed by atoms with Crippen molar-refractivity contribution < 1.29 is 8.42 Å². The van der Waals surface area contributed by atoms with Crippen molar-refractivity contribution in [3.8, 4) is 6.07 Å². The standard InChI is InChI=1S/C11H11N5O2S/c12-6-5-8-1-3-9(4-2-8)19(17,18)16-11-10(13)7-14-15-11/h1-4,7H,5,13H2,(H2,14,15,16). The third-order valence-corrected chi connectivity index (χ3v) is 3.79. The summed E-state index contributed by atoms with van der Waals surface area (Å²) < 4.78 is 26.4. The Balaban J connectivity index is 2.25. The van der Waals surface area contributed by atoms with Gasteiger partial charge in [-0.05, 0) is 17.7 Å². The van der Waals surface area contributed by atoms with Crippen molar-refractivity contribution in [1.29, 1.82) is 5.26 Å². The van der Waals surface area contributed by atoms with Gasteiger partial charge in [-0.3, -0.25) is 9.82 Å². The zero-order valence-electron chi connectivity index (χ0n) is 9.79. The second-order valence-corrected chi connectivity index (χ2v) is 5.47. The molecular formula is C11H11N5O2S. The number of H-pyrrole nitrogens is 1. The molecule has 1 aromatic carbocycles. The van der Waals surface area contributed by atoms with Crippen molar-refractivity contribution >= 4 is 21.5 Å². The highest BCUT2D eigenvalue weighted by Gasteiger charge is 2.16. The first kappa shape index (κ1) is 12.9. The van der Waals surface area contributed by atoms with Gasteiger partial charge in [0, 0.05) is 0 Å². The van der Waals surface area contributed by atoms with Gasteiger partial charge in [-0.25, -0.2) is 8.42 Å². The molecule has 0 spiro atoms. The van der Waals surface area contributed by atoms with E-state index in [1.165, 1.54) is 18.3 Å². The monoisotopic (exact) mass is 277 g/mol. The average Bonchev–Trinajstić information content (AvgIpc) is 2.75.